The molecule has 1 saturated carbocycles. The summed E-state index contributed by atoms with van der Waals surface area (Å²) in [7, 11) is 0. The number of fused-ring (bicyclic) bond motifs is 1. The number of amides is 1. The SMILES string of the molecule is CC1CCC(Cn2c(N3CCC[C@H]3CF)nc3cc(/C(N)=N/NC(=O)OC(C)(C)C)nc(-c4cncc(Cl)c4)c32)CC1. The van der Waals surface area contributed by atoms with Crippen LogP contribution >= 0.6 is 11.6 Å². The minimum atomic E-state index is -0.731. The van der Waals surface area contributed by atoms with Crippen LogP contribution in [-0.4, -0.2) is 56.3 Å². The van der Waals surface area contributed by atoms with Gasteiger partial charge in [0.1, 0.15) is 18.0 Å². The highest BCUT2D eigenvalue weighted by Gasteiger charge is 2.32. The number of anilines is 1. The van der Waals surface area contributed by atoms with Crippen LogP contribution in [0, 0.1) is 11.8 Å². The van der Waals surface area contributed by atoms with Crippen molar-refractivity contribution in [1.82, 2.24) is 24.9 Å². The van der Waals surface area contributed by atoms with E-state index in [1.807, 2.05) is 0 Å². The Balaban J connectivity index is 1.64. The van der Waals surface area contributed by atoms with Crippen molar-refractivity contribution in [2.45, 2.75) is 84.4 Å². The maximum atomic E-state index is 14.1. The van der Waals surface area contributed by atoms with Crippen LogP contribution in [0.5, 0.6) is 0 Å². The molecule has 226 valence electrons. The number of hydrazone groups is 1. The number of imidazole rings is 1. The highest BCUT2D eigenvalue weighted by molar-refractivity contribution is 6.30. The van der Waals surface area contributed by atoms with Crippen LogP contribution in [0.2, 0.25) is 5.02 Å². The number of aromatic nitrogens is 4. The van der Waals surface area contributed by atoms with Crippen molar-refractivity contribution < 1.29 is 13.9 Å². The van der Waals surface area contributed by atoms with Gasteiger partial charge in [0, 0.05) is 31.0 Å². The van der Waals surface area contributed by atoms with Gasteiger partial charge in [-0.1, -0.05) is 31.4 Å². The molecular formula is C30H40ClFN8O2. The zero-order valence-corrected chi connectivity index (χ0v) is 25.5. The zero-order valence-electron chi connectivity index (χ0n) is 24.7. The van der Waals surface area contributed by atoms with Gasteiger partial charge < -0.3 is 19.9 Å². The van der Waals surface area contributed by atoms with Gasteiger partial charge in [-0.25, -0.2) is 24.6 Å². The van der Waals surface area contributed by atoms with E-state index in [2.05, 4.69) is 31.9 Å². The Morgan fingerprint density at radius 1 is 1.19 bits per heavy atom. The Kier molecular flexibility index (Phi) is 8.86. The lowest BCUT2D eigenvalue weighted by Gasteiger charge is -2.29. The summed E-state index contributed by atoms with van der Waals surface area (Å²) in [4.78, 5) is 28.6. The number of halogens is 2. The number of alkyl halides is 1. The first-order chi connectivity index (χ1) is 20.0. The molecule has 3 N–H and O–H groups in total. The van der Waals surface area contributed by atoms with E-state index in [9.17, 15) is 9.18 Å². The number of rotatable bonds is 7. The largest absolute Gasteiger partial charge is 0.443 e. The second-order valence-corrected chi connectivity index (χ2v) is 13.0. The maximum Gasteiger partial charge on any atom is 0.428 e. The van der Waals surface area contributed by atoms with Gasteiger partial charge in [0.25, 0.3) is 0 Å². The van der Waals surface area contributed by atoms with Crippen molar-refractivity contribution in [3.05, 3.63) is 35.2 Å². The molecule has 2 aliphatic rings. The maximum absolute atomic E-state index is 14.1. The Labute approximate surface area is 250 Å². The summed E-state index contributed by atoms with van der Waals surface area (Å²) in [5.74, 6) is 1.92. The van der Waals surface area contributed by atoms with E-state index >= 15 is 0 Å². The van der Waals surface area contributed by atoms with Crippen LogP contribution in [0.1, 0.15) is 71.9 Å². The van der Waals surface area contributed by atoms with E-state index < -0.39 is 18.4 Å². The summed E-state index contributed by atoms with van der Waals surface area (Å²) in [6, 6.07) is 3.34. The van der Waals surface area contributed by atoms with Gasteiger partial charge in [-0.3, -0.25) is 4.98 Å². The zero-order chi connectivity index (χ0) is 30.0. The van der Waals surface area contributed by atoms with Gasteiger partial charge in [-0.05, 0) is 70.4 Å². The lowest BCUT2D eigenvalue weighted by atomic mass is 9.83. The van der Waals surface area contributed by atoms with E-state index in [-0.39, 0.29) is 11.9 Å². The number of carbonyl (C=O) groups excluding carboxylic acids is 1. The Morgan fingerprint density at radius 2 is 1.95 bits per heavy atom. The highest BCUT2D eigenvalue weighted by Crippen LogP contribution is 2.37. The molecule has 1 atom stereocenters. The minimum Gasteiger partial charge on any atom is -0.443 e. The number of amidine groups is 1. The van der Waals surface area contributed by atoms with E-state index in [0.717, 1.165) is 56.2 Å². The van der Waals surface area contributed by atoms with Crippen LogP contribution < -0.4 is 16.1 Å². The molecule has 4 heterocycles. The van der Waals surface area contributed by atoms with Crippen molar-refractivity contribution in [1.29, 1.82) is 0 Å². The summed E-state index contributed by atoms with van der Waals surface area (Å²) in [5.41, 5.74) is 11.0. The smallest absolute Gasteiger partial charge is 0.428 e. The molecule has 3 aromatic heterocycles. The Bertz CT molecular complexity index is 1460. The average Bonchev–Trinajstić information content (AvgIpc) is 3.56. The van der Waals surface area contributed by atoms with Crippen LogP contribution in [0.3, 0.4) is 0 Å². The second-order valence-electron chi connectivity index (χ2n) is 12.5. The third-order valence-corrected chi connectivity index (χ3v) is 8.21. The van der Waals surface area contributed by atoms with Gasteiger partial charge in [-0.2, -0.15) is 5.10 Å². The molecule has 42 heavy (non-hydrogen) atoms. The second kappa shape index (κ2) is 12.4. The molecule has 12 heteroatoms. The van der Waals surface area contributed by atoms with E-state index in [1.165, 1.54) is 12.8 Å². The highest BCUT2D eigenvalue weighted by atomic mass is 35.5. The number of hydrogen-bond donors (Lipinski definition) is 2. The van der Waals surface area contributed by atoms with Gasteiger partial charge in [0.05, 0.1) is 27.8 Å². The molecule has 0 spiro atoms. The first kappa shape index (κ1) is 30.0. The fourth-order valence-corrected chi connectivity index (χ4v) is 6.08. The molecule has 3 aromatic rings. The van der Waals surface area contributed by atoms with Gasteiger partial charge in [-0.15, -0.1) is 0 Å². The van der Waals surface area contributed by atoms with Crippen molar-refractivity contribution in [2.75, 3.05) is 18.1 Å². The summed E-state index contributed by atoms with van der Waals surface area (Å²) in [6.45, 7) is 8.64. The quantitative estimate of drug-likeness (QED) is 0.192. The molecule has 1 saturated heterocycles. The molecule has 0 unspecified atom stereocenters. The Hall–Kier alpha value is -3.47. The summed E-state index contributed by atoms with van der Waals surface area (Å²) in [5, 5.41) is 4.51. The molecule has 5 rings (SSSR count). The topological polar surface area (TPSA) is 124 Å². The minimum absolute atomic E-state index is 0.0147. The normalized spacial score (nSPS) is 21.6. The van der Waals surface area contributed by atoms with Crippen LogP contribution in [-0.2, 0) is 11.3 Å². The Morgan fingerprint density at radius 3 is 2.64 bits per heavy atom. The third-order valence-electron chi connectivity index (χ3n) is 8.00. The fourth-order valence-electron chi connectivity index (χ4n) is 5.90. The van der Waals surface area contributed by atoms with Crippen molar-refractivity contribution in [2.24, 2.45) is 22.7 Å². The first-order valence-corrected chi connectivity index (χ1v) is 15.1. The predicted octanol–water partition coefficient (Wildman–Crippen LogP) is 6.06. The van der Waals surface area contributed by atoms with Crippen molar-refractivity contribution in [3.8, 4) is 11.3 Å². The fraction of sp³-hybridized carbons (Fsp3) is 0.567. The van der Waals surface area contributed by atoms with Crippen molar-refractivity contribution in [3.63, 3.8) is 0 Å². The number of nitrogens with two attached hydrogens (primary N) is 1. The molecule has 1 aliphatic heterocycles. The van der Waals surface area contributed by atoms with Crippen LogP contribution in [0.25, 0.3) is 22.3 Å². The molecule has 1 aliphatic carbocycles. The molecule has 10 nitrogen and oxygen atoms in total. The number of hydrogen-bond acceptors (Lipinski definition) is 7. The van der Waals surface area contributed by atoms with Crippen LogP contribution in [0.15, 0.2) is 29.6 Å². The molecule has 2 fully saturated rings. The van der Waals surface area contributed by atoms with Gasteiger partial charge in [0.15, 0.2) is 5.84 Å². The summed E-state index contributed by atoms with van der Waals surface area (Å²) < 4.78 is 21.6. The van der Waals surface area contributed by atoms with Crippen molar-refractivity contribution >= 4 is 40.5 Å². The number of pyridine rings is 2. The lowest BCUT2D eigenvalue weighted by molar-refractivity contribution is 0.0529. The standard InChI is InChI=1S/C30H40ClFN8O2/c1-18-7-9-19(10-8-18)17-40-26-23(36-28(40)39-11-5-6-22(39)14-32)13-24(27(33)37-38-29(41)42-30(2,3)4)35-25(26)20-12-21(31)16-34-15-20/h12-13,15-16,18-19,22H,5-11,14,17H2,1-4H3,(H2,33,37)(H,38,41)/t18?,19?,22-/m0/s1. The van der Waals surface area contributed by atoms with E-state index in [0.29, 0.717) is 33.4 Å². The monoisotopic (exact) mass is 598 g/mol. The average molecular weight is 599 g/mol. The van der Waals surface area contributed by atoms with Gasteiger partial charge in [0.2, 0.25) is 5.95 Å². The van der Waals surface area contributed by atoms with Gasteiger partial charge >= 0.3 is 6.09 Å². The lowest BCUT2D eigenvalue weighted by Crippen LogP contribution is -2.33. The van der Waals surface area contributed by atoms with E-state index in [1.54, 1.807) is 45.3 Å². The molecule has 0 aromatic carbocycles. The predicted molar refractivity (Wildman–Crippen MR) is 163 cm³/mol. The van der Waals surface area contributed by atoms with E-state index in [4.69, 9.17) is 32.0 Å². The number of ether oxygens (including phenoxy) is 1. The molecular weight excluding hydrogens is 559 g/mol. The number of carbonyl (C=O) groups is 1. The third kappa shape index (κ3) is 6.77. The molecule has 1 amide bonds. The summed E-state index contributed by atoms with van der Waals surface area (Å²) >= 11 is 6.37. The number of nitrogens with one attached hydrogen (secondary N) is 1. The van der Waals surface area contributed by atoms with Crippen LogP contribution in [0.4, 0.5) is 15.1 Å². The summed E-state index contributed by atoms with van der Waals surface area (Å²) in [6.07, 6.45) is 8.85. The number of nitrogens with zero attached hydrogens (tertiary/aromatic N) is 6. The molecule has 0 bridgehead atoms. The first-order valence-electron chi connectivity index (χ1n) is 14.7. The molecule has 0 radical (unpaired) electrons.